The number of carbonyl (C=O) groups is 2. The van der Waals surface area contributed by atoms with Gasteiger partial charge in [0, 0.05) is 56.9 Å². The lowest BCUT2D eigenvalue weighted by Gasteiger charge is -2.31. The third-order valence-electron chi connectivity index (χ3n) is 8.32. The van der Waals surface area contributed by atoms with Gasteiger partial charge in [-0.25, -0.2) is 0 Å². The van der Waals surface area contributed by atoms with E-state index in [1.807, 2.05) is 13.8 Å². The number of hydrogen-bond donors (Lipinski definition) is 3. The molecule has 1 aromatic rings. The number of ether oxygens (including phenoxy) is 2. The molecule has 0 aromatic heterocycles. The van der Waals surface area contributed by atoms with E-state index in [0.717, 1.165) is 42.4 Å². The van der Waals surface area contributed by atoms with Crippen molar-refractivity contribution in [2.24, 2.45) is 29.4 Å². The molecule has 0 unspecified atom stereocenters. The van der Waals surface area contributed by atoms with Gasteiger partial charge in [-0.2, -0.15) is 0 Å². The van der Waals surface area contributed by atoms with Gasteiger partial charge in [-0.3, -0.25) is 9.59 Å². The molecule has 4 atom stereocenters. The second-order valence-corrected chi connectivity index (χ2v) is 12.0. The number of Topliss-reactive ketones (excluding diaryl/α,β-unsaturated/α-hetero) is 1. The van der Waals surface area contributed by atoms with Crippen LogP contribution in [0.25, 0.3) is 0 Å². The molecule has 0 bridgehead atoms. The van der Waals surface area contributed by atoms with Crippen LogP contribution in [-0.4, -0.2) is 61.9 Å². The van der Waals surface area contributed by atoms with Gasteiger partial charge in [0.25, 0.3) is 0 Å². The Labute approximate surface area is 236 Å². The van der Waals surface area contributed by atoms with Crippen LogP contribution in [0.5, 0.6) is 0 Å². The summed E-state index contributed by atoms with van der Waals surface area (Å²) in [5.74, 6) is 0.573. The van der Waals surface area contributed by atoms with Gasteiger partial charge < -0.3 is 25.6 Å². The average Bonchev–Trinajstić information content (AvgIpc) is 2.91. The van der Waals surface area contributed by atoms with Crippen molar-refractivity contribution in [3.05, 3.63) is 34.9 Å². The maximum Gasteiger partial charge on any atom is 0.223 e. The van der Waals surface area contributed by atoms with Crippen molar-refractivity contribution in [1.29, 1.82) is 0 Å². The van der Waals surface area contributed by atoms with Crippen LogP contribution < -0.4 is 11.1 Å². The standard InChI is InChI=1S/C32H54N2O5/c1-7-24-11-10-23(18-28(24)30(35)9-8-14-38-6)17-25(21(2)3)19-29(33)31(36)20-27(22(4)5)32(37)34-26-12-15-39-16-13-26/h10-11,18,21-22,25-27,29,31,36H,7-9,12-17,19-20,33H2,1-6H3,(H,34,37)/t25-,27-,29-,31-/m0/s1. The summed E-state index contributed by atoms with van der Waals surface area (Å²) < 4.78 is 10.5. The van der Waals surface area contributed by atoms with Crippen LogP contribution in [0.15, 0.2) is 18.2 Å². The summed E-state index contributed by atoms with van der Waals surface area (Å²) in [5, 5.41) is 14.3. The smallest absolute Gasteiger partial charge is 0.223 e. The first-order chi connectivity index (χ1) is 18.6. The number of amides is 1. The van der Waals surface area contributed by atoms with Gasteiger partial charge in [0.1, 0.15) is 0 Å². The third kappa shape index (κ3) is 10.9. The van der Waals surface area contributed by atoms with E-state index in [1.165, 1.54) is 0 Å². The molecule has 1 aromatic carbocycles. The summed E-state index contributed by atoms with van der Waals surface area (Å²) in [5.41, 5.74) is 9.58. The van der Waals surface area contributed by atoms with Crippen LogP contribution in [0.1, 0.15) is 94.6 Å². The Kier molecular flexibility index (Phi) is 14.7. The third-order valence-corrected chi connectivity index (χ3v) is 8.32. The van der Waals surface area contributed by atoms with Crippen LogP contribution >= 0.6 is 0 Å². The highest BCUT2D eigenvalue weighted by molar-refractivity contribution is 5.97. The maximum atomic E-state index is 13.1. The fraction of sp³-hybridized carbons (Fsp3) is 0.750. The molecule has 222 valence electrons. The Morgan fingerprint density at radius 3 is 2.41 bits per heavy atom. The van der Waals surface area contributed by atoms with Gasteiger partial charge in [-0.15, -0.1) is 0 Å². The minimum Gasteiger partial charge on any atom is -0.391 e. The van der Waals surface area contributed by atoms with E-state index < -0.39 is 12.1 Å². The van der Waals surface area contributed by atoms with Crippen molar-refractivity contribution in [1.82, 2.24) is 5.32 Å². The monoisotopic (exact) mass is 546 g/mol. The Balaban J connectivity index is 2.04. The van der Waals surface area contributed by atoms with Crippen molar-refractivity contribution >= 4 is 11.7 Å². The Morgan fingerprint density at radius 1 is 1.13 bits per heavy atom. The number of methoxy groups -OCH3 is 1. The molecule has 7 nitrogen and oxygen atoms in total. The van der Waals surface area contributed by atoms with E-state index in [2.05, 4.69) is 44.3 Å². The van der Waals surface area contributed by atoms with E-state index in [4.69, 9.17) is 15.2 Å². The van der Waals surface area contributed by atoms with Gasteiger partial charge in [-0.1, -0.05) is 46.8 Å². The number of rotatable bonds is 17. The van der Waals surface area contributed by atoms with Gasteiger partial charge in [-0.05, 0) is 79.9 Å². The number of carbonyl (C=O) groups excluding carboxylic acids is 2. The zero-order valence-corrected chi connectivity index (χ0v) is 25.2. The Hall–Kier alpha value is -1.80. The molecule has 7 heteroatoms. The number of benzene rings is 1. The Bertz CT molecular complexity index is 881. The maximum absolute atomic E-state index is 13.1. The fourth-order valence-electron chi connectivity index (χ4n) is 5.50. The molecule has 0 saturated carbocycles. The first kappa shape index (κ1) is 33.4. The van der Waals surface area contributed by atoms with Crippen LogP contribution in [-0.2, 0) is 27.1 Å². The SMILES string of the molecule is CCc1ccc(C[C@@H](C[C@H](N)[C@@H](O)C[C@H](C(=O)NC2CCOCC2)C(C)C)C(C)C)cc1C(=O)CCCOC. The van der Waals surface area contributed by atoms with Crippen LogP contribution in [0.2, 0.25) is 0 Å². The van der Waals surface area contributed by atoms with Crippen molar-refractivity contribution in [2.75, 3.05) is 26.9 Å². The predicted octanol–water partition coefficient (Wildman–Crippen LogP) is 4.71. The molecule has 1 amide bonds. The van der Waals surface area contributed by atoms with E-state index in [0.29, 0.717) is 51.4 Å². The molecular formula is C32H54N2O5. The zero-order chi connectivity index (χ0) is 28.9. The summed E-state index contributed by atoms with van der Waals surface area (Å²) in [6.45, 7) is 12.4. The zero-order valence-electron chi connectivity index (χ0n) is 25.2. The minimum atomic E-state index is -0.764. The number of hydrogen-bond acceptors (Lipinski definition) is 6. The summed E-state index contributed by atoms with van der Waals surface area (Å²) in [6.07, 6.45) is 4.69. The lowest BCUT2D eigenvalue weighted by molar-refractivity contribution is -0.129. The Morgan fingerprint density at radius 2 is 1.82 bits per heavy atom. The highest BCUT2D eigenvalue weighted by Gasteiger charge is 2.31. The second-order valence-electron chi connectivity index (χ2n) is 12.0. The number of nitrogens with two attached hydrogens (primary N) is 1. The van der Waals surface area contributed by atoms with Gasteiger partial charge in [0.15, 0.2) is 5.78 Å². The fourth-order valence-corrected chi connectivity index (χ4v) is 5.50. The number of aryl methyl sites for hydroxylation is 1. The molecule has 0 aliphatic carbocycles. The molecule has 1 aliphatic rings. The summed E-state index contributed by atoms with van der Waals surface area (Å²) in [6, 6.07) is 5.97. The van der Waals surface area contributed by atoms with Crippen molar-refractivity contribution in [3.63, 3.8) is 0 Å². The van der Waals surface area contributed by atoms with E-state index in [1.54, 1.807) is 7.11 Å². The quantitative estimate of drug-likeness (QED) is 0.193. The molecule has 1 fully saturated rings. The van der Waals surface area contributed by atoms with E-state index in [-0.39, 0.29) is 35.5 Å². The minimum absolute atomic E-state index is 0.00210. The number of nitrogens with one attached hydrogen (secondary N) is 1. The average molecular weight is 547 g/mol. The topological polar surface area (TPSA) is 111 Å². The predicted molar refractivity (Wildman–Crippen MR) is 157 cm³/mol. The first-order valence-corrected chi connectivity index (χ1v) is 15.0. The highest BCUT2D eigenvalue weighted by atomic mass is 16.5. The largest absolute Gasteiger partial charge is 0.391 e. The van der Waals surface area contributed by atoms with Crippen molar-refractivity contribution in [2.45, 2.75) is 104 Å². The molecule has 4 N–H and O–H groups in total. The van der Waals surface area contributed by atoms with Gasteiger partial charge in [0.2, 0.25) is 5.91 Å². The molecule has 1 saturated heterocycles. The summed E-state index contributed by atoms with van der Waals surface area (Å²) in [7, 11) is 1.65. The summed E-state index contributed by atoms with van der Waals surface area (Å²) in [4.78, 5) is 26.0. The van der Waals surface area contributed by atoms with E-state index in [9.17, 15) is 14.7 Å². The van der Waals surface area contributed by atoms with Crippen LogP contribution in [0.4, 0.5) is 0 Å². The molecule has 1 heterocycles. The molecule has 0 spiro atoms. The van der Waals surface area contributed by atoms with Crippen LogP contribution in [0, 0.1) is 23.7 Å². The van der Waals surface area contributed by atoms with Crippen molar-refractivity contribution in [3.8, 4) is 0 Å². The molecule has 39 heavy (non-hydrogen) atoms. The lowest BCUT2D eigenvalue weighted by atomic mass is 9.80. The second kappa shape index (κ2) is 17.1. The van der Waals surface area contributed by atoms with Gasteiger partial charge in [0.05, 0.1) is 6.10 Å². The molecular weight excluding hydrogens is 492 g/mol. The molecule has 2 rings (SSSR count). The number of aliphatic hydroxyl groups is 1. The number of aliphatic hydroxyl groups excluding tert-OH is 1. The lowest BCUT2D eigenvalue weighted by Crippen LogP contribution is -2.46. The van der Waals surface area contributed by atoms with E-state index >= 15 is 0 Å². The summed E-state index contributed by atoms with van der Waals surface area (Å²) >= 11 is 0. The first-order valence-electron chi connectivity index (χ1n) is 15.0. The molecule has 0 radical (unpaired) electrons. The molecule has 1 aliphatic heterocycles. The van der Waals surface area contributed by atoms with Crippen LogP contribution in [0.3, 0.4) is 0 Å². The van der Waals surface area contributed by atoms with Gasteiger partial charge >= 0.3 is 0 Å². The highest BCUT2D eigenvalue weighted by Crippen LogP contribution is 2.27. The van der Waals surface area contributed by atoms with Crippen molar-refractivity contribution < 1.29 is 24.2 Å². The normalized spacial score (nSPS) is 17.7. The number of ketones is 1.